The molecule has 1 atom stereocenters. The molecule has 0 fully saturated rings. The Labute approximate surface area is 151 Å². The maximum atomic E-state index is 11.8. The lowest BCUT2D eigenvalue weighted by atomic mass is 10.2. The number of methoxy groups -OCH3 is 1. The van der Waals surface area contributed by atoms with Crippen molar-refractivity contribution in [3.05, 3.63) is 40.8 Å². The Morgan fingerprint density at radius 1 is 1.43 bits per heavy atom. The Bertz CT molecular complexity index is 584. The monoisotopic (exact) mass is 379 g/mol. The molecule has 128 valence electrons. The summed E-state index contributed by atoms with van der Waals surface area (Å²) in [5.74, 6) is 0.356. The van der Waals surface area contributed by atoms with E-state index in [1.54, 1.807) is 23.7 Å². The van der Waals surface area contributed by atoms with E-state index in [0.29, 0.717) is 18.0 Å². The number of carbonyl (C=O) groups is 1. The van der Waals surface area contributed by atoms with Crippen molar-refractivity contribution in [1.29, 1.82) is 0 Å². The minimum atomic E-state index is -0.699. The van der Waals surface area contributed by atoms with Crippen LogP contribution in [0.1, 0.15) is 5.69 Å². The Morgan fingerprint density at radius 3 is 2.87 bits per heavy atom. The van der Waals surface area contributed by atoms with Gasteiger partial charge in [0.2, 0.25) is 5.91 Å². The fourth-order valence-corrected chi connectivity index (χ4v) is 2.16. The maximum absolute atomic E-state index is 11.8. The first-order chi connectivity index (χ1) is 10.2. The zero-order chi connectivity index (χ0) is 15.1. The number of nitrogens with zero attached hydrogens (tertiary/aromatic N) is 1. The van der Waals surface area contributed by atoms with Crippen LogP contribution in [0, 0.1) is 0 Å². The summed E-state index contributed by atoms with van der Waals surface area (Å²) < 4.78 is 10.5. The van der Waals surface area contributed by atoms with Gasteiger partial charge in [-0.1, -0.05) is 6.07 Å². The van der Waals surface area contributed by atoms with E-state index < -0.39 is 6.04 Å². The van der Waals surface area contributed by atoms with Gasteiger partial charge in [0.15, 0.2) is 0 Å². The third kappa shape index (κ3) is 7.15. The average molecular weight is 380 g/mol. The lowest BCUT2D eigenvalue weighted by Gasteiger charge is -2.12. The molecule has 3 N–H and O–H groups in total. The second-order valence-electron chi connectivity index (χ2n) is 4.35. The first-order valence-corrected chi connectivity index (χ1v) is 7.28. The van der Waals surface area contributed by atoms with Gasteiger partial charge in [0.05, 0.1) is 17.8 Å². The van der Waals surface area contributed by atoms with E-state index in [1.165, 1.54) is 18.4 Å². The second-order valence-corrected chi connectivity index (χ2v) is 5.07. The predicted octanol–water partition coefficient (Wildman–Crippen LogP) is 2.48. The third-order valence-electron chi connectivity index (χ3n) is 2.65. The standard InChI is InChI=1S/C14H17N3O3S.2ClH/c1-19-7-13(15)14(18)17-10-3-2-4-12(5-10)20-6-11-8-21-9-16-11;;/h2-5,8-9,13H,6-7,15H2,1H3,(H,17,18);2*1H. The molecule has 0 saturated carbocycles. The summed E-state index contributed by atoms with van der Waals surface area (Å²) in [5.41, 5.74) is 8.92. The molecule has 0 spiro atoms. The van der Waals surface area contributed by atoms with E-state index >= 15 is 0 Å². The molecule has 0 aliphatic carbocycles. The highest BCUT2D eigenvalue weighted by atomic mass is 35.5. The highest BCUT2D eigenvalue weighted by Gasteiger charge is 2.13. The van der Waals surface area contributed by atoms with Crippen LogP contribution < -0.4 is 15.8 Å². The fraction of sp³-hybridized carbons (Fsp3) is 0.286. The zero-order valence-corrected chi connectivity index (χ0v) is 14.9. The van der Waals surface area contributed by atoms with E-state index in [0.717, 1.165) is 5.69 Å². The molecule has 1 amide bonds. The number of ether oxygens (including phenoxy) is 2. The van der Waals surface area contributed by atoms with Gasteiger partial charge < -0.3 is 20.5 Å². The van der Waals surface area contributed by atoms with Gasteiger partial charge in [-0.05, 0) is 12.1 Å². The molecular weight excluding hydrogens is 361 g/mol. The number of thiazole rings is 1. The van der Waals surface area contributed by atoms with E-state index in [2.05, 4.69) is 10.3 Å². The molecule has 0 saturated heterocycles. The van der Waals surface area contributed by atoms with Gasteiger partial charge in [0.25, 0.3) is 0 Å². The van der Waals surface area contributed by atoms with Crippen molar-refractivity contribution in [1.82, 2.24) is 4.98 Å². The average Bonchev–Trinajstić information content (AvgIpc) is 2.99. The summed E-state index contributed by atoms with van der Waals surface area (Å²) in [6.07, 6.45) is 0. The van der Waals surface area contributed by atoms with Crippen LogP contribution >= 0.6 is 36.2 Å². The molecule has 0 aliphatic heterocycles. The van der Waals surface area contributed by atoms with Crippen LogP contribution in [0.15, 0.2) is 35.2 Å². The largest absolute Gasteiger partial charge is 0.487 e. The molecule has 1 unspecified atom stereocenters. The van der Waals surface area contributed by atoms with Crippen LogP contribution in [-0.4, -0.2) is 30.6 Å². The van der Waals surface area contributed by atoms with E-state index in [9.17, 15) is 4.79 Å². The molecule has 1 aromatic carbocycles. The smallest absolute Gasteiger partial charge is 0.243 e. The predicted molar refractivity (Wildman–Crippen MR) is 95.9 cm³/mol. The fourth-order valence-electron chi connectivity index (χ4n) is 1.62. The van der Waals surface area contributed by atoms with Crippen molar-refractivity contribution in [2.75, 3.05) is 19.0 Å². The van der Waals surface area contributed by atoms with Crippen molar-refractivity contribution in [3.8, 4) is 5.75 Å². The van der Waals surface area contributed by atoms with Crippen LogP contribution in [0.2, 0.25) is 0 Å². The van der Waals surface area contributed by atoms with Crippen molar-refractivity contribution in [2.24, 2.45) is 5.73 Å². The summed E-state index contributed by atoms with van der Waals surface area (Å²) in [5, 5.41) is 4.65. The van der Waals surface area contributed by atoms with Crippen molar-refractivity contribution >= 4 is 47.7 Å². The topological polar surface area (TPSA) is 86.5 Å². The van der Waals surface area contributed by atoms with Crippen LogP contribution in [0.4, 0.5) is 5.69 Å². The Kier molecular flexibility index (Phi) is 10.5. The molecular formula is C14H19Cl2N3O3S. The molecule has 6 nitrogen and oxygen atoms in total. The van der Waals surface area contributed by atoms with E-state index in [-0.39, 0.29) is 37.3 Å². The number of amides is 1. The van der Waals surface area contributed by atoms with Gasteiger partial charge in [-0.15, -0.1) is 36.2 Å². The number of hydrogen-bond acceptors (Lipinski definition) is 6. The number of halogens is 2. The van der Waals surface area contributed by atoms with Crippen LogP contribution in [0.25, 0.3) is 0 Å². The molecule has 1 aromatic heterocycles. The van der Waals surface area contributed by atoms with Gasteiger partial charge in [-0.2, -0.15) is 0 Å². The number of nitrogens with one attached hydrogen (secondary N) is 1. The van der Waals surface area contributed by atoms with Crippen LogP contribution in [0.5, 0.6) is 5.75 Å². The van der Waals surface area contributed by atoms with Crippen molar-refractivity contribution in [3.63, 3.8) is 0 Å². The van der Waals surface area contributed by atoms with Gasteiger partial charge in [0.1, 0.15) is 18.4 Å². The van der Waals surface area contributed by atoms with Crippen molar-refractivity contribution < 1.29 is 14.3 Å². The first-order valence-electron chi connectivity index (χ1n) is 6.34. The molecule has 0 bridgehead atoms. The van der Waals surface area contributed by atoms with Gasteiger partial charge in [-0.25, -0.2) is 4.98 Å². The van der Waals surface area contributed by atoms with Gasteiger partial charge >= 0.3 is 0 Å². The Morgan fingerprint density at radius 2 is 2.22 bits per heavy atom. The quantitative estimate of drug-likeness (QED) is 0.771. The Hall–Kier alpha value is -1.38. The lowest BCUT2D eigenvalue weighted by molar-refractivity contribution is -0.118. The van der Waals surface area contributed by atoms with E-state index in [4.69, 9.17) is 15.2 Å². The summed E-state index contributed by atoms with van der Waals surface area (Å²) in [7, 11) is 1.50. The first kappa shape index (κ1) is 21.6. The molecule has 23 heavy (non-hydrogen) atoms. The van der Waals surface area contributed by atoms with Crippen molar-refractivity contribution in [2.45, 2.75) is 12.6 Å². The number of anilines is 1. The summed E-state index contributed by atoms with van der Waals surface area (Å²) in [4.78, 5) is 15.9. The molecule has 0 radical (unpaired) electrons. The number of aromatic nitrogens is 1. The second kappa shape index (κ2) is 11.2. The lowest BCUT2D eigenvalue weighted by Crippen LogP contribution is -2.39. The number of hydrogen-bond donors (Lipinski definition) is 2. The third-order valence-corrected chi connectivity index (χ3v) is 3.29. The zero-order valence-electron chi connectivity index (χ0n) is 12.4. The normalized spacial score (nSPS) is 10.9. The summed E-state index contributed by atoms with van der Waals surface area (Å²) in [6, 6.07) is 6.43. The van der Waals surface area contributed by atoms with Gasteiger partial charge in [0, 0.05) is 24.2 Å². The molecule has 0 aliphatic rings. The number of rotatable bonds is 7. The van der Waals surface area contributed by atoms with Crippen LogP contribution in [0.3, 0.4) is 0 Å². The summed E-state index contributed by atoms with van der Waals surface area (Å²) >= 11 is 1.52. The molecule has 9 heteroatoms. The minimum absolute atomic E-state index is 0. The number of benzene rings is 1. The Balaban J connectivity index is 0.00000242. The summed E-state index contributed by atoms with van der Waals surface area (Å²) in [6.45, 7) is 0.565. The number of nitrogens with two attached hydrogens (primary N) is 1. The minimum Gasteiger partial charge on any atom is -0.487 e. The van der Waals surface area contributed by atoms with E-state index in [1.807, 2.05) is 11.4 Å². The molecule has 1 heterocycles. The highest BCUT2D eigenvalue weighted by Crippen LogP contribution is 2.18. The maximum Gasteiger partial charge on any atom is 0.243 e. The molecule has 2 rings (SSSR count). The van der Waals surface area contributed by atoms with Gasteiger partial charge in [-0.3, -0.25) is 4.79 Å². The highest BCUT2D eigenvalue weighted by molar-refractivity contribution is 7.07. The number of carbonyl (C=O) groups excluding carboxylic acids is 1. The molecule has 2 aromatic rings. The SMILES string of the molecule is COCC(N)C(=O)Nc1cccc(OCc2cscn2)c1.Cl.Cl. The van der Waals surface area contributed by atoms with Crippen LogP contribution in [-0.2, 0) is 16.1 Å².